The fraction of sp³-hybridized carbons (Fsp3) is 0.500. The SMILES string of the molecule is CC(C)CCS(=O)(=O)N(CCC(=O)O)c1ccccc1N. The van der Waals surface area contributed by atoms with Crippen LogP contribution in [0.4, 0.5) is 11.4 Å². The van der Waals surface area contributed by atoms with E-state index < -0.39 is 16.0 Å². The van der Waals surface area contributed by atoms with E-state index in [4.69, 9.17) is 10.8 Å². The van der Waals surface area contributed by atoms with Gasteiger partial charge in [0.15, 0.2) is 0 Å². The molecule has 0 aliphatic heterocycles. The van der Waals surface area contributed by atoms with Crippen LogP contribution >= 0.6 is 0 Å². The molecule has 0 heterocycles. The van der Waals surface area contributed by atoms with E-state index >= 15 is 0 Å². The molecule has 0 fully saturated rings. The molecule has 0 saturated heterocycles. The maximum atomic E-state index is 12.5. The molecule has 1 aromatic rings. The van der Waals surface area contributed by atoms with Crippen molar-refractivity contribution < 1.29 is 18.3 Å². The number of rotatable bonds is 8. The van der Waals surface area contributed by atoms with Crippen molar-refractivity contribution >= 4 is 27.4 Å². The average molecular weight is 314 g/mol. The van der Waals surface area contributed by atoms with Crippen LogP contribution in [-0.2, 0) is 14.8 Å². The second-order valence-electron chi connectivity index (χ2n) is 5.27. The Morgan fingerprint density at radius 3 is 2.48 bits per heavy atom. The first-order valence-corrected chi connectivity index (χ1v) is 8.41. The summed E-state index contributed by atoms with van der Waals surface area (Å²) in [7, 11) is -3.60. The zero-order chi connectivity index (χ0) is 16.0. The smallest absolute Gasteiger partial charge is 0.305 e. The molecule has 0 saturated carbocycles. The summed E-state index contributed by atoms with van der Waals surface area (Å²) in [6.07, 6.45) is 0.244. The quantitative estimate of drug-likeness (QED) is 0.714. The molecular formula is C14H22N2O4S. The number of anilines is 2. The molecule has 1 aromatic carbocycles. The number of nitrogens with two attached hydrogens (primary N) is 1. The number of para-hydroxylation sites is 2. The largest absolute Gasteiger partial charge is 0.481 e. The highest BCUT2D eigenvalue weighted by atomic mass is 32.2. The molecule has 0 aliphatic carbocycles. The van der Waals surface area contributed by atoms with Gasteiger partial charge in [0, 0.05) is 6.54 Å². The molecule has 0 aliphatic rings. The molecule has 1 rings (SSSR count). The van der Waals surface area contributed by atoms with E-state index in [0.717, 1.165) is 4.31 Å². The number of hydrogen-bond donors (Lipinski definition) is 2. The van der Waals surface area contributed by atoms with E-state index in [0.29, 0.717) is 17.8 Å². The number of sulfonamides is 1. The lowest BCUT2D eigenvalue weighted by molar-refractivity contribution is -0.136. The van der Waals surface area contributed by atoms with Gasteiger partial charge in [-0.25, -0.2) is 8.42 Å². The summed E-state index contributed by atoms with van der Waals surface area (Å²) in [5, 5.41) is 8.81. The molecule has 0 atom stereocenters. The van der Waals surface area contributed by atoms with Crippen molar-refractivity contribution in [1.82, 2.24) is 0 Å². The number of hydrogen-bond acceptors (Lipinski definition) is 4. The van der Waals surface area contributed by atoms with Crippen LogP contribution in [-0.4, -0.2) is 31.8 Å². The summed E-state index contributed by atoms with van der Waals surface area (Å²) in [5.41, 5.74) is 6.48. The number of nitrogen functional groups attached to an aromatic ring is 1. The second kappa shape index (κ2) is 7.31. The van der Waals surface area contributed by atoms with Gasteiger partial charge >= 0.3 is 5.97 Å². The molecule has 6 nitrogen and oxygen atoms in total. The van der Waals surface area contributed by atoms with Crippen LogP contribution in [0.15, 0.2) is 24.3 Å². The summed E-state index contributed by atoms with van der Waals surface area (Å²) in [6.45, 7) is 3.76. The number of carboxylic acids is 1. The third kappa shape index (κ3) is 5.26. The van der Waals surface area contributed by atoms with Gasteiger partial charge in [0.05, 0.1) is 23.5 Å². The van der Waals surface area contributed by atoms with Crippen molar-refractivity contribution in [3.05, 3.63) is 24.3 Å². The standard InChI is InChI=1S/C14H22N2O4S/c1-11(2)8-10-21(19,20)16(9-7-14(17)18)13-6-4-3-5-12(13)15/h3-6,11H,7-10,15H2,1-2H3,(H,17,18). The second-order valence-corrected chi connectivity index (χ2v) is 7.29. The molecular weight excluding hydrogens is 292 g/mol. The van der Waals surface area contributed by atoms with E-state index in [9.17, 15) is 13.2 Å². The van der Waals surface area contributed by atoms with Gasteiger partial charge in [-0.3, -0.25) is 9.10 Å². The van der Waals surface area contributed by atoms with Gasteiger partial charge in [-0.2, -0.15) is 0 Å². The summed E-state index contributed by atoms with van der Waals surface area (Å²) < 4.78 is 26.1. The Bertz CT molecular complexity index is 584. The average Bonchev–Trinajstić information content (AvgIpc) is 2.38. The van der Waals surface area contributed by atoms with Gasteiger partial charge in [-0.15, -0.1) is 0 Å². The minimum absolute atomic E-state index is 0.0291. The van der Waals surface area contributed by atoms with Gasteiger partial charge in [0.1, 0.15) is 0 Å². The van der Waals surface area contributed by atoms with Crippen molar-refractivity contribution in [3.8, 4) is 0 Å². The Morgan fingerprint density at radius 1 is 1.33 bits per heavy atom. The molecule has 118 valence electrons. The fourth-order valence-electron chi connectivity index (χ4n) is 1.82. The van der Waals surface area contributed by atoms with Crippen molar-refractivity contribution in [2.75, 3.05) is 22.3 Å². The topological polar surface area (TPSA) is 101 Å². The summed E-state index contributed by atoms with van der Waals surface area (Å²) >= 11 is 0. The molecule has 0 radical (unpaired) electrons. The predicted octanol–water partition coefficient (Wildman–Crippen LogP) is 1.93. The van der Waals surface area contributed by atoms with Gasteiger partial charge in [-0.05, 0) is 24.5 Å². The lowest BCUT2D eigenvalue weighted by atomic mass is 10.2. The zero-order valence-electron chi connectivity index (χ0n) is 12.3. The van der Waals surface area contributed by atoms with Crippen molar-refractivity contribution in [2.24, 2.45) is 5.92 Å². The molecule has 0 amide bonds. The maximum absolute atomic E-state index is 12.5. The van der Waals surface area contributed by atoms with Crippen molar-refractivity contribution in [1.29, 1.82) is 0 Å². The maximum Gasteiger partial charge on any atom is 0.305 e. The minimum atomic E-state index is -3.60. The Morgan fingerprint density at radius 2 is 1.95 bits per heavy atom. The van der Waals surface area contributed by atoms with Crippen LogP contribution < -0.4 is 10.0 Å². The van der Waals surface area contributed by atoms with Crippen molar-refractivity contribution in [2.45, 2.75) is 26.7 Å². The third-order valence-electron chi connectivity index (χ3n) is 3.02. The number of carboxylic acid groups (broad SMARTS) is 1. The van der Waals surface area contributed by atoms with Crippen LogP contribution in [0.1, 0.15) is 26.7 Å². The van der Waals surface area contributed by atoms with E-state index in [1.807, 2.05) is 13.8 Å². The first-order chi connectivity index (χ1) is 9.74. The van der Waals surface area contributed by atoms with E-state index in [1.165, 1.54) is 0 Å². The molecule has 0 bridgehead atoms. The Labute approximate surface area is 125 Å². The minimum Gasteiger partial charge on any atom is -0.481 e. The lowest BCUT2D eigenvalue weighted by Crippen LogP contribution is -2.35. The molecule has 0 spiro atoms. The van der Waals surface area contributed by atoms with Crippen molar-refractivity contribution in [3.63, 3.8) is 0 Å². The number of carbonyl (C=O) groups is 1. The normalized spacial score (nSPS) is 11.6. The van der Waals surface area contributed by atoms with E-state index in [-0.39, 0.29) is 24.6 Å². The first kappa shape index (κ1) is 17.3. The van der Waals surface area contributed by atoms with E-state index in [2.05, 4.69) is 0 Å². The number of nitrogens with zero attached hydrogens (tertiary/aromatic N) is 1. The Kier molecular flexibility index (Phi) is 6.02. The molecule has 3 N–H and O–H groups in total. The lowest BCUT2D eigenvalue weighted by Gasteiger charge is -2.25. The summed E-state index contributed by atoms with van der Waals surface area (Å²) in [6, 6.07) is 6.57. The highest BCUT2D eigenvalue weighted by Gasteiger charge is 2.24. The highest BCUT2D eigenvalue weighted by molar-refractivity contribution is 7.92. The molecule has 7 heteroatoms. The molecule has 21 heavy (non-hydrogen) atoms. The summed E-state index contributed by atoms with van der Waals surface area (Å²) in [5.74, 6) is -0.832. The molecule has 0 aromatic heterocycles. The van der Waals surface area contributed by atoms with Gasteiger partial charge < -0.3 is 10.8 Å². The predicted molar refractivity (Wildman–Crippen MR) is 83.7 cm³/mol. The van der Waals surface area contributed by atoms with Crippen LogP contribution in [0.5, 0.6) is 0 Å². The van der Waals surface area contributed by atoms with E-state index in [1.54, 1.807) is 24.3 Å². The van der Waals surface area contributed by atoms with Gasteiger partial charge in [0.25, 0.3) is 0 Å². The van der Waals surface area contributed by atoms with Gasteiger partial charge in [0.2, 0.25) is 10.0 Å². The van der Waals surface area contributed by atoms with Crippen LogP contribution in [0.3, 0.4) is 0 Å². The Balaban J connectivity index is 3.07. The van der Waals surface area contributed by atoms with Crippen LogP contribution in [0.2, 0.25) is 0 Å². The van der Waals surface area contributed by atoms with Gasteiger partial charge in [-0.1, -0.05) is 26.0 Å². The fourth-order valence-corrected chi connectivity index (χ4v) is 3.64. The van der Waals surface area contributed by atoms with Crippen LogP contribution in [0, 0.1) is 5.92 Å². The number of aliphatic carboxylic acids is 1. The number of benzene rings is 1. The highest BCUT2D eigenvalue weighted by Crippen LogP contribution is 2.26. The molecule has 0 unspecified atom stereocenters. The third-order valence-corrected chi connectivity index (χ3v) is 4.83. The summed E-state index contributed by atoms with van der Waals surface area (Å²) in [4.78, 5) is 10.8. The van der Waals surface area contributed by atoms with Crippen LogP contribution in [0.25, 0.3) is 0 Å². The Hall–Kier alpha value is -1.76. The monoisotopic (exact) mass is 314 g/mol. The zero-order valence-corrected chi connectivity index (χ0v) is 13.1. The first-order valence-electron chi connectivity index (χ1n) is 6.80.